The van der Waals surface area contributed by atoms with Crippen LogP contribution in [0.25, 0.3) is 0 Å². The number of hydrogen-bond donors (Lipinski definition) is 2. The molecule has 2 unspecified atom stereocenters. The van der Waals surface area contributed by atoms with Gasteiger partial charge >= 0.3 is 0 Å². The minimum Gasteiger partial charge on any atom is -0.271 e. The number of aromatic nitrogens is 1. The quantitative estimate of drug-likeness (QED) is 0.673. The summed E-state index contributed by atoms with van der Waals surface area (Å²) in [6.45, 7) is 2.05. The molecule has 3 N–H and O–H groups in total. The second kappa shape index (κ2) is 5.71. The Balaban J connectivity index is 1.80. The Kier molecular flexibility index (Phi) is 3.98. The number of nitrogens with two attached hydrogens (primary N) is 1. The normalized spacial score (nSPS) is 20.2. The molecule has 0 aromatic carbocycles. The van der Waals surface area contributed by atoms with Gasteiger partial charge in [-0.2, -0.15) is 0 Å². The van der Waals surface area contributed by atoms with Crippen molar-refractivity contribution in [3.05, 3.63) is 38.0 Å². The molecule has 2 aromatic heterocycles. The molecule has 2 heterocycles. The van der Waals surface area contributed by atoms with E-state index in [2.05, 4.69) is 34.2 Å². The smallest absolute Gasteiger partial charge is 0.0897 e. The molecule has 0 bridgehead atoms. The predicted octanol–water partition coefficient (Wildman–Crippen LogP) is 3.01. The predicted molar refractivity (Wildman–Crippen MR) is 81.7 cm³/mol. The van der Waals surface area contributed by atoms with E-state index in [1.165, 1.54) is 24.8 Å². The van der Waals surface area contributed by atoms with Crippen LogP contribution in [0.3, 0.4) is 0 Å². The zero-order valence-electron chi connectivity index (χ0n) is 11.1. The Bertz CT molecular complexity index is 546. The summed E-state index contributed by atoms with van der Waals surface area (Å²) in [6.07, 6.45) is 4.64. The Labute approximate surface area is 121 Å². The van der Waals surface area contributed by atoms with E-state index in [-0.39, 0.29) is 6.04 Å². The second-order valence-electron chi connectivity index (χ2n) is 5.13. The molecular weight excluding hydrogens is 274 g/mol. The third-order valence-electron chi connectivity index (χ3n) is 3.89. The highest BCUT2D eigenvalue weighted by Crippen LogP contribution is 2.37. The maximum Gasteiger partial charge on any atom is 0.0897 e. The number of thiophene rings is 1. The first-order valence-corrected chi connectivity index (χ1v) is 8.47. The van der Waals surface area contributed by atoms with Gasteiger partial charge in [-0.05, 0) is 43.2 Å². The van der Waals surface area contributed by atoms with E-state index in [9.17, 15) is 0 Å². The topological polar surface area (TPSA) is 50.9 Å². The number of aryl methyl sites for hydroxylation is 2. The molecule has 2 aromatic rings. The van der Waals surface area contributed by atoms with Crippen LogP contribution in [0, 0.1) is 6.92 Å². The molecule has 0 aliphatic heterocycles. The molecule has 0 saturated carbocycles. The minimum atomic E-state index is 0.287. The first-order chi connectivity index (χ1) is 9.28. The van der Waals surface area contributed by atoms with E-state index in [0.29, 0.717) is 5.92 Å². The van der Waals surface area contributed by atoms with Gasteiger partial charge in [0, 0.05) is 28.6 Å². The van der Waals surface area contributed by atoms with Gasteiger partial charge < -0.3 is 0 Å². The van der Waals surface area contributed by atoms with Crippen LogP contribution in [0.5, 0.6) is 0 Å². The first kappa shape index (κ1) is 13.2. The fourth-order valence-corrected chi connectivity index (χ4v) is 4.61. The van der Waals surface area contributed by atoms with E-state index < -0.39 is 0 Å². The van der Waals surface area contributed by atoms with Crippen LogP contribution < -0.4 is 11.3 Å². The van der Waals surface area contributed by atoms with Crippen LogP contribution in [-0.2, 0) is 12.8 Å². The Morgan fingerprint density at radius 2 is 2.42 bits per heavy atom. The minimum absolute atomic E-state index is 0.287. The molecule has 2 atom stereocenters. The van der Waals surface area contributed by atoms with Crippen molar-refractivity contribution in [3.8, 4) is 0 Å². The summed E-state index contributed by atoms with van der Waals surface area (Å²) < 4.78 is 0. The molecule has 5 heteroatoms. The van der Waals surface area contributed by atoms with Crippen molar-refractivity contribution in [2.24, 2.45) is 5.84 Å². The van der Waals surface area contributed by atoms with Crippen molar-refractivity contribution in [2.45, 2.75) is 44.6 Å². The van der Waals surface area contributed by atoms with Crippen LogP contribution in [0.15, 0.2) is 16.8 Å². The summed E-state index contributed by atoms with van der Waals surface area (Å²) in [5, 5.41) is 5.49. The second-order valence-corrected chi connectivity index (χ2v) is 7.20. The lowest BCUT2D eigenvalue weighted by molar-refractivity contribution is 0.395. The number of hydrogen-bond acceptors (Lipinski definition) is 5. The van der Waals surface area contributed by atoms with Crippen LogP contribution in [0.1, 0.15) is 39.9 Å². The van der Waals surface area contributed by atoms with Gasteiger partial charge in [-0.25, -0.2) is 4.98 Å². The number of fused-ring (bicyclic) bond motifs is 1. The molecule has 0 radical (unpaired) electrons. The number of rotatable bonds is 4. The molecule has 0 spiro atoms. The fourth-order valence-electron chi connectivity index (χ4n) is 2.98. The molecule has 102 valence electrons. The number of nitrogens with one attached hydrogen (secondary N) is 1. The largest absolute Gasteiger partial charge is 0.271 e. The van der Waals surface area contributed by atoms with Gasteiger partial charge in [0.25, 0.3) is 0 Å². The van der Waals surface area contributed by atoms with E-state index in [1.807, 2.05) is 11.3 Å². The van der Waals surface area contributed by atoms with E-state index in [4.69, 9.17) is 5.84 Å². The highest BCUT2D eigenvalue weighted by Gasteiger charge is 2.28. The van der Waals surface area contributed by atoms with Gasteiger partial charge in [-0.15, -0.1) is 22.7 Å². The van der Waals surface area contributed by atoms with Gasteiger partial charge in [0.2, 0.25) is 0 Å². The standard InChI is InChI=1S/C14H19N3S2/c1-9-16-10(8-19-9)7-13(17-15)11-3-2-4-14-12(11)5-6-18-14/h5-6,8,11,13,17H,2-4,7,15H2,1H3. The highest BCUT2D eigenvalue weighted by atomic mass is 32.1. The lowest BCUT2D eigenvalue weighted by atomic mass is 9.81. The molecule has 19 heavy (non-hydrogen) atoms. The van der Waals surface area contributed by atoms with E-state index >= 15 is 0 Å². The molecule has 1 aliphatic carbocycles. The average molecular weight is 293 g/mol. The maximum atomic E-state index is 5.81. The van der Waals surface area contributed by atoms with Crippen molar-refractivity contribution in [3.63, 3.8) is 0 Å². The zero-order valence-corrected chi connectivity index (χ0v) is 12.7. The van der Waals surface area contributed by atoms with Gasteiger partial charge in [0.1, 0.15) is 0 Å². The monoisotopic (exact) mass is 293 g/mol. The van der Waals surface area contributed by atoms with Crippen LogP contribution in [0.2, 0.25) is 0 Å². The molecule has 0 amide bonds. The number of thiazole rings is 1. The summed E-state index contributed by atoms with van der Waals surface area (Å²) in [6, 6.07) is 2.57. The first-order valence-electron chi connectivity index (χ1n) is 6.71. The SMILES string of the molecule is Cc1nc(CC(NN)C2CCCc3sccc32)cs1. The maximum absolute atomic E-state index is 5.81. The van der Waals surface area contributed by atoms with Crippen LogP contribution in [-0.4, -0.2) is 11.0 Å². The van der Waals surface area contributed by atoms with Crippen molar-refractivity contribution in [1.29, 1.82) is 0 Å². The van der Waals surface area contributed by atoms with Gasteiger partial charge in [-0.1, -0.05) is 0 Å². The van der Waals surface area contributed by atoms with Gasteiger partial charge in [0.15, 0.2) is 0 Å². The van der Waals surface area contributed by atoms with Crippen LogP contribution in [0.4, 0.5) is 0 Å². The summed E-state index contributed by atoms with van der Waals surface area (Å²) >= 11 is 3.60. The Morgan fingerprint density at radius 1 is 1.53 bits per heavy atom. The molecule has 3 nitrogen and oxygen atoms in total. The summed E-state index contributed by atoms with van der Waals surface area (Å²) in [4.78, 5) is 6.11. The summed E-state index contributed by atoms with van der Waals surface area (Å²) in [5.41, 5.74) is 5.70. The third kappa shape index (κ3) is 2.74. The van der Waals surface area contributed by atoms with E-state index in [0.717, 1.165) is 17.1 Å². The molecular formula is C14H19N3S2. The highest BCUT2D eigenvalue weighted by molar-refractivity contribution is 7.10. The van der Waals surface area contributed by atoms with Crippen molar-refractivity contribution in [2.75, 3.05) is 0 Å². The number of hydrazine groups is 1. The Morgan fingerprint density at radius 3 is 3.16 bits per heavy atom. The zero-order chi connectivity index (χ0) is 13.2. The van der Waals surface area contributed by atoms with Gasteiger partial charge in [0.05, 0.1) is 10.7 Å². The van der Waals surface area contributed by atoms with E-state index in [1.54, 1.807) is 16.2 Å². The lowest BCUT2D eigenvalue weighted by Gasteiger charge is -2.30. The molecule has 0 saturated heterocycles. The summed E-state index contributed by atoms with van der Waals surface area (Å²) in [5.74, 6) is 6.34. The molecule has 0 fully saturated rings. The van der Waals surface area contributed by atoms with Crippen LogP contribution >= 0.6 is 22.7 Å². The molecule has 3 rings (SSSR count). The molecule has 1 aliphatic rings. The van der Waals surface area contributed by atoms with Crippen molar-refractivity contribution >= 4 is 22.7 Å². The lowest BCUT2D eigenvalue weighted by Crippen LogP contribution is -2.42. The summed E-state index contributed by atoms with van der Waals surface area (Å²) in [7, 11) is 0. The fraction of sp³-hybridized carbons (Fsp3) is 0.500. The van der Waals surface area contributed by atoms with Crippen molar-refractivity contribution in [1.82, 2.24) is 10.4 Å². The average Bonchev–Trinajstić information content (AvgIpc) is 3.04. The van der Waals surface area contributed by atoms with Crippen molar-refractivity contribution < 1.29 is 0 Å². The number of nitrogens with zero attached hydrogens (tertiary/aromatic N) is 1. The third-order valence-corrected chi connectivity index (χ3v) is 5.71. The van der Waals surface area contributed by atoms with Gasteiger partial charge in [-0.3, -0.25) is 11.3 Å². The Hall–Kier alpha value is -0.750.